The largest absolute Gasteiger partial charge is 0.0622 e. The fourth-order valence-corrected chi connectivity index (χ4v) is 2.26. The zero-order valence-electron chi connectivity index (χ0n) is 8.43. The van der Waals surface area contributed by atoms with Gasteiger partial charge in [0.15, 0.2) is 0 Å². The van der Waals surface area contributed by atoms with Crippen LogP contribution in [0.4, 0.5) is 0 Å². The molecule has 2 rings (SSSR count). The molecule has 70 valence electrons. The van der Waals surface area contributed by atoms with Gasteiger partial charge in [-0.05, 0) is 10.6 Å². The van der Waals surface area contributed by atoms with Crippen LogP contribution in [-0.4, -0.2) is 16.8 Å². The van der Waals surface area contributed by atoms with Crippen molar-refractivity contribution < 1.29 is 0 Å². The third kappa shape index (κ3) is 4.36. The molecule has 0 spiro atoms. The third-order valence-corrected chi connectivity index (χ3v) is 3.08. The first-order valence-corrected chi connectivity index (χ1v) is 5.32. The predicted molar refractivity (Wildman–Crippen MR) is 72.0 cm³/mol. The van der Waals surface area contributed by atoms with Gasteiger partial charge in [-0.15, -0.1) is 0 Å². The summed E-state index contributed by atoms with van der Waals surface area (Å²) >= 11 is 0. The molecular weight excluding hydrogens is 197 g/mol. The molecule has 6 radical (unpaired) electrons. The third-order valence-electron chi connectivity index (χ3n) is 1.84. The second kappa shape index (κ2) is 7.31. The van der Waals surface area contributed by atoms with Crippen molar-refractivity contribution in [2.45, 2.75) is 0 Å². The van der Waals surface area contributed by atoms with E-state index in [1.807, 2.05) is 0 Å². The molecule has 2 aromatic rings. The average Bonchev–Trinajstić information content (AvgIpc) is 2.21. The van der Waals surface area contributed by atoms with Gasteiger partial charge in [0.05, 0.1) is 0 Å². The molecule has 0 bridgehead atoms. The fraction of sp³-hybridized carbons (Fsp3) is 0. The fourth-order valence-electron chi connectivity index (χ4n) is 1.21. The molecular formula is C12H11B2P. The Morgan fingerprint density at radius 3 is 1.20 bits per heavy atom. The van der Waals surface area contributed by atoms with Gasteiger partial charge in [0.1, 0.15) is 0 Å². The first-order valence-electron chi connectivity index (χ1n) is 4.32. The Morgan fingerprint density at radius 1 is 0.533 bits per heavy atom. The van der Waals surface area contributed by atoms with Gasteiger partial charge in [0.2, 0.25) is 0 Å². The van der Waals surface area contributed by atoms with Crippen LogP contribution in [0.1, 0.15) is 0 Å². The minimum Gasteiger partial charge on any atom is -0.0622 e. The van der Waals surface area contributed by atoms with Gasteiger partial charge in [0, 0.05) is 16.8 Å². The highest BCUT2D eigenvalue weighted by Crippen LogP contribution is 2.08. The minimum absolute atomic E-state index is 0. The number of rotatable bonds is 2. The van der Waals surface area contributed by atoms with Gasteiger partial charge in [-0.25, -0.2) is 0 Å². The standard InChI is InChI=1S/C12H11P.2B/c1-3-7-11(8-4-1)13-12-9-5-2-6-10-12;;/h1-10,13H;;. The van der Waals surface area contributed by atoms with Crippen LogP contribution in [0.3, 0.4) is 0 Å². The number of hydrogen-bond donors (Lipinski definition) is 0. The van der Waals surface area contributed by atoms with E-state index in [1.165, 1.54) is 10.6 Å². The van der Waals surface area contributed by atoms with Gasteiger partial charge in [-0.1, -0.05) is 69.2 Å². The van der Waals surface area contributed by atoms with Crippen LogP contribution >= 0.6 is 8.58 Å². The van der Waals surface area contributed by atoms with E-state index < -0.39 is 0 Å². The summed E-state index contributed by atoms with van der Waals surface area (Å²) in [5.74, 6) is 0. The molecule has 0 heterocycles. The monoisotopic (exact) mass is 208 g/mol. The maximum absolute atomic E-state index is 2.17. The van der Waals surface area contributed by atoms with E-state index in [0.717, 1.165) is 8.58 Å². The van der Waals surface area contributed by atoms with Gasteiger partial charge in [-0.3, -0.25) is 0 Å². The van der Waals surface area contributed by atoms with Crippen molar-refractivity contribution in [1.29, 1.82) is 0 Å². The smallest absolute Gasteiger partial charge is 0 e. The zero-order valence-corrected chi connectivity index (χ0v) is 9.43. The summed E-state index contributed by atoms with van der Waals surface area (Å²) in [7, 11) is 0.777. The first kappa shape index (κ1) is 14.0. The van der Waals surface area contributed by atoms with Gasteiger partial charge < -0.3 is 0 Å². The predicted octanol–water partition coefficient (Wildman–Crippen LogP) is 1.55. The minimum atomic E-state index is 0. The molecule has 0 aliphatic carbocycles. The second-order valence-corrected chi connectivity index (χ2v) is 4.26. The highest BCUT2D eigenvalue weighted by Gasteiger charge is 1.92. The molecule has 0 aliphatic rings. The Morgan fingerprint density at radius 2 is 0.867 bits per heavy atom. The Kier molecular flexibility index (Phi) is 6.82. The molecule has 0 saturated carbocycles. The van der Waals surface area contributed by atoms with Crippen LogP contribution in [0.2, 0.25) is 0 Å². The summed E-state index contributed by atoms with van der Waals surface area (Å²) in [5.41, 5.74) is 0. The second-order valence-electron chi connectivity index (χ2n) is 2.86. The van der Waals surface area contributed by atoms with Crippen LogP contribution in [0.5, 0.6) is 0 Å². The summed E-state index contributed by atoms with van der Waals surface area (Å²) in [5, 5.41) is 2.79. The highest BCUT2D eigenvalue weighted by atomic mass is 31.1. The lowest BCUT2D eigenvalue weighted by Gasteiger charge is -2.00. The van der Waals surface area contributed by atoms with Crippen molar-refractivity contribution in [2.75, 3.05) is 0 Å². The normalized spacial score (nSPS) is 8.53. The van der Waals surface area contributed by atoms with E-state index in [-0.39, 0.29) is 16.8 Å². The number of hydrogen-bond acceptors (Lipinski definition) is 0. The zero-order chi connectivity index (χ0) is 8.93. The van der Waals surface area contributed by atoms with Crippen molar-refractivity contribution in [3.8, 4) is 0 Å². The maximum atomic E-state index is 2.17. The molecule has 3 heteroatoms. The van der Waals surface area contributed by atoms with E-state index in [9.17, 15) is 0 Å². The van der Waals surface area contributed by atoms with Crippen molar-refractivity contribution in [1.82, 2.24) is 0 Å². The van der Waals surface area contributed by atoms with Crippen LogP contribution < -0.4 is 10.6 Å². The van der Waals surface area contributed by atoms with Gasteiger partial charge in [-0.2, -0.15) is 0 Å². The van der Waals surface area contributed by atoms with Gasteiger partial charge >= 0.3 is 0 Å². The van der Waals surface area contributed by atoms with E-state index in [0.29, 0.717) is 0 Å². The van der Waals surface area contributed by atoms with Crippen LogP contribution in [0, 0.1) is 0 Å². The van der Waals surface area contributed by atoms with Crippen LogP contribution in [0.15, 0.2) is 60.7 Å². The Balaban J connectivity index is 0.000000980. The molecule has 0 aromatic heterocycles. The number of benzene rings is 2. The SMILES string of the molecule is [B].[B].c1ccc(Pc2ccccc2)cc1. The van der Waals surface area contributed by atoms with Crippen molar-refractivity contribution in [2.24, 2.45) is 0 Å². The molecule has 2 aromatic carbocycles. The van der Waals surface area contributed by atoms with E-state index in [2.05, 4.69) is 60.7 Å². The van der Waals surface area contributed by atoms with Gasteiger partial charge in [0.25, 0.3) is 0 Å². The van der Waals surface area contributed by atoms with Crippen LogP contribution in [0.25, 0.3) is 0 Å². The first-order chi connectivity index (χ1) is 6.45. The van der Waals surface area contributed by atoms with Crippen molar-refractivity contribution in [3.05, 3.63) is 60.7 Å². The molecule has 0 nitrogen and oxygen atoms in total. The lowest BCUT2D eigenvalue weighted by atomic mass is 10.4. The van der Waals surface area contributed by atoms with E-state index in [4.69, 9.17) is 0 Å². The molecule has 0 atom stereocenters. The van der Waals surface area contributed by atoms with Crippen molar-refractivity contribution in [3.63, 3.8) is 0 Å². The Labute approximate surface area is 97.0 Å². The molecule has 15 heavy (non-hydrogen) atoms. The molecule has 0 amide bonds. The molecule has 0 unspecified atom stereocenters. The maximum Gasteiger partial charge on any atom is 0 e. The summed E-state index contributed by atoms with van der Waals surface area (Å²) < 4.78 is 0. The Bertz CT molecular complexity index is 324. The van der Waals surface area contributed by atoms with E-state index >= 15 is 0 Å². The highest BCUT2D eigenvalue weighted by molar-refractivity contribution is 7.55. The Hall–Kier alpha value is -1.00. The average molecular weight is 208 g/mol. The molecule has 0 N–H and O–H groups in total. The van der Waals surface area contributed by atoms with E-state index in [1.54, 1.807) is 0 Å². The quantitative estimate of drug-likeness (QED) is 0.518. The summed E-state index contributed by atoms with van der Waals surface area (Å²) in [6, 6.07) is 21.2. The summed E-state index contributed by atoms with van der Waals surface area (Å²) in [6.07, 6.45) is 0. The molecule has 0 aliphatic heterocycles. The molecule has 0 fully saturated rings. The summed E-state index contributed by atoms with van der Waals surface area (Å²) in [6.45, 7) is 0. The molecule has 0 saturated heterocycles. The summed E-state index contributed by atoms with van der Waals surface area (Å²) in [4.78, 5) is 0. The lowest BCUT2D eigenvalue weighted by Crippen LogP contribution is -2.01. The van der Waals surface area contributed by atoms with Crippen molar-refractivity contribution >= 4 is 36.0 Å². The topological polar surface area (TPSA) is 0 Å². The lowest BCUT2D eigenvalue weighted by molar-refractivity contribution is 1.76. The van der Waals surface area contributed by atoms with Crippen LogP contribution in [-0.2, 0) is 0 Å².